The lowest BCUT2D eigenvalue weighted by molar-refractivity contribution is -0.384. The third-order valence-corrected chi connectivity index (χ3v) is 5.54. The van der Waals surface area contributed by atoms with Gasteiger partial charge in [-0.2, -0.15) is 17.0 Å². The number of nitrogens with one attached hydrogen (secondary N) is 1. The summed E-state index contributed by atoms with van der Waals surface area (Å²) in [6.07, 6.45) is 8.06. The number of anilines is 1. The molecule has 1 aromatic rings. The van der Waals surface area contributed by atoms with Crippen molar-refractivity contribution in [3.05, 3.63) is 33.9 Å². The number of hydrogen-bond acceptors (Lipinski definition) is 5. The molecule has 1 aliphatic rings. The summed E-state index contributed by atoms with van der Waals surface area (Å²) >= 11 is 1.84. The van der Waals surface area contributed by atoms with Crippen LogP contribution in [0.4, 0.5) is 11.4 Å². The highest BCUT2D eigenvalue weighted by atomic mass is 32.2. The molecule has 2 rings (SSSR count). The Labute approximate surface area is 128 Å². The Hall–Kier alpha value is -1.74. The van der Waals surface area contributed by atoms with Crippen LogP contribution in [0.2, 0.25) is 0 Å². The van der Waals surface area contributed by atoms with Gasteiger partial charge in [0.1, 0.15) is 5.69 Å². The molecular weight excluding hydrogens is 286 g/mol. The van der Waals surface area contributed by atoms with Gasteiger partial charge in [-0.3, -0.25) is 10.1 Å². The first-order valence-electron chi connectivity index (χ1n) is 7.08. The lowest BCUT2D eigenvalue weighted by Gasteiger charge is -2.36. The topological polar surface area (TPSA) is 79.0 Å². The van der Waals surface area contributed by atoms with Gasteiger partial charge in [0.05, 0.1) is 16.6 Å². The smallest absolute Gasteiger partial charge is 0.292 e. The van der Waals surface area contributed by atoms with E-state index in [0.29, 0.717) is 17.8 Å². The maximum absolute atomic E-state index is 11.1. The molecule has 0 bridgehead atoms. The molecule has 0 amide bonds. The van der Waals surface area contributed by atoms with Crippen LogP contribution in [0.15, 0.2) is 18.2 Å². The monoisotopic (exact) mass is 305 g/mol. The molecule has 5 nitrogen and oxygen atoms in total. The van der Waals surface area contributed by atoms with Gasteiger partial charge < -0.3 is 5.32 Å². The van der Waals surface area contributed by atoms with Crippen LogP contribution in [0, 0.1) is 21.4 Å². The minimum absolute atomic E-state index is 0.0288. The highest BCUT2D eigenvalue weighted by molar-refractivity contribution is 8.00. The number of rotatable bonds is 5. The predicted octanol–water partition coefficient (Wildman–Crippen LogP) is 3.94. The Morgan fingerprint density at radius 2 is 2.14 bits per heavy atom. The maximum atomic E-state index is 11.1. The molecule has 1 N–H and O–H groups in total. The van der Waals surface area contributed by atoms with Gasteiger partial charge in [0, 0.05) is 17.4 Å². The molecule has 0 heterocycles. The van der Waals surface area contributed by atoms with Crippen LogP contribution in [0.3, 0.4) is 0 Å². The van der Waals surface area contributed by atoms with Crippen LogP contribution in [-0.4, -0.2) is 22.5 Å². The third-order valence-electron chi connectivity index (χ3n) is 4.12. The summed E-state index contributed by atoms with van der Waals surface area (Å²) in [5.74, 6) is 0. The molecule has 0 spiro atoms. The summed E-state index contributed by atoms with van der Waals surface area (Å²) in [5.41, 5.74) is 0.907. The van der Waals surface area contributed by atoms with Crippen molar-refractivity contribution in [2.45, 2.75) is 36.9 Å². The summed E-state index contributed by atoms with van der Waals surface area (Å²) in [7, 11) is 0. The van der Waals surface area contributed by atoms with Crippen LogP contribution >= 0.6 is 11.8 Å². The van der Waals surface area contributed by atoms with Crippen molar-refractivity contribution in [3.63, 3.8) is 0 Å². The van der Waals surface area contributed by atoms with Crippen molar-refractivity contribution in [1.82, 2.24) is 0 Å². The summed E-state index contributed by atoms with van der Waals surface area (Å²) < 4.78 is 0.148. The average molecular weight is 305 g/mol. The van der Waals surface area contributed by atoms with Gasteiger partial charge in [0.15, 0.2) is 0 Å². The van der Waals surface area contributed by atoms with E-state index in [0.717, 1.165) is 12.8 Å². The molecule has 0 aromatic heterocycles. The normalized spacial score (nSPS) is 17.0. The van der Waals surface area contributed by atoms with Crippen LogP contribution in [0.25, 0.3) is 0 Å². The Morgan fingerprint density at radius 3 is 2.71 bits per heavy atom. The Kier molecular flexibility index (Phi) is 5.07. The van der Waals surface area contributed by atoms with Gasteiger partial charge in [-0.1, -0.05) is 19.3 Å². The van der Waals surface area contributed by atoms with E-state index in [9.17, 15) is 10.1 Å². The largest absolute Gasteiger partial charge is 0.378 e. The van der Waals surface area contributed by atoms with E-state index in [4.69, 9.17) is 5.26 Å². The van der Waals surface area contributed by atoms with E-state index < -0.39 is 4.92 Å². The maximum Gasteiger partial charge on any atom is 0.292 e. The molecule has 1 aromatic carbocycles. The fraction of sp³-hybridized carbons (Fsp3) is 0.533. The van der Waals surface area contributed by atoms with Gasteiger partial charge in [-0.15, -0.1) is 0 Å². The molecule has 1 saturated carbocycles. The Balaban J connectivity index is 2.18. The van der Waals surface area contributed by atoms with E-state index in [-0.39, 0.29) is 10.4 Å². The first-order valence-corrected chi connectivity index (χ1v) is 8.30. The summed E-state index contributed by atoms with van der Waals surface area (Å²) in [6.45, 7) is 0.698. The van der Waals surface area contributed by atoms with E-state index in [2.05, 4.69) is 11.6 Å². The fourth-order valence-electron chi connectivity index (χ4n) is 2.81. The van der Waals surface area contributed by atoms with Crippen LogP contribution in [0.1, 0.15) is 37.7 Å². The summed E-state index contributed by atoms with van der Waals surface area (Å²) in [4.78, 5) is 10.7. The van der Waals surface area contributed by atoms with Crippen molar-refractivity contribution < 1.29 is 4.92 Å². The SMILES string of the molecule is CSC1(CNc2cc(C#N)ccc2[N+](=O)[O-])CCCCC1. The van der Waals surface area contributed by atoms with Crippen molar-refractivity contribution in [3.8, 4) is 6.07 Å². The van der Waals surface area contributed by atoms with Crippen LogP contribution in [-0.2, 0) is 0 Å². The second-order valence-electron chi connectivity index (χ2n) is 5.40. The molecule has 0 unspecified atom stereocenters. The van der Waals surface area contributed by atoms with Crippen LogP contribution in [0.5, 0.6) is 0 Å². The lowest BCUT2D eigenvalue weighted by Crippen LogP contribution is -2.35. The zero-order valence-electron chi connectivity index (χ0n) is 12.1. The number of nitro groups is 1. The number of nitriles is 1. The molecular formula is C15H19N3O2S. The minimum Gasteiger partial charge on any atom is -0.378 e. The van der Waals surface area contributed by atoms with E-state index in [1.807, 2.05) is 17.8 Å². The molecule has 1 aliphatic carbocycles. The molecule has 21 heavy (non-hydrogen) atoms. The molecule has 112 valence electrons. The quantitative estimate of drug-likeness (QED) is 0.658. The minimum atomic E-state index is -0.407. The molecule has 1 fully saturated rings. The average Bonchev–Trinajstić information content (AvgIpc) is 2.53. The number of thioether (sulfide) groups is 1. The molecule has 0 atom stereocenters. The van der Waals surface area contributed by atoms with Gasteiger partial charge in [0.25, 0.3) is 5.69 Å². The number of nitrogens with zero attached hydrogens (tertiary/aromatic N) is 2. The Bertz CT molecular complexity index is 563. The van der Waals surface area contributed by atoms with Gasteiger partial charge in [-0.05, 0) is 31.2 Å². The van der Waals surface area contributed by atoms with Crippen molar-refractivity contribution in [1.29, 1.82) is 5.26 Å². The number of hydrogen-bond donors (Lipinski definition) is 1. The van der Waals surface area contributed by atoms with E-state index in [1.54, 1.807) is 6.07 Å². The van der Waals surface area contributed by atoms with Gasteiger partial charge in [0.2, 0.25) is 0 Å². The third kappa shape index (κ3) is 3.67. The van der Waals surface area contributed by atoms with Crippen molar-refractivity contribution in [2.75, 3.05) is 18.1 Å². The first-order chi connectivity index (χ1) is 10.1. The second kappa shape index (κ2) is 6.81. The van der Waals surface area contributed by atoms with Gasteiger partial charge >= 0.3 is 0 Å². The summed E-state index contributed by atoms with van der Waals surface area (Å²) in [5, 5.41) is 23.3. The first kappa shape index (κ1) is 15.6. The Morgan fingerprint density at radius 1 is 1.43 bits per heavy atom. The van der Waals surface area contributed by atoms with Crippen LogP contribution < -0.4 is 5.32 Å². The number of nitro benzene ring substituents is 1. The van der Waals surface area contributed by atoms with Gasteiger partial charge in [-0.25, -0.2) is 0 Å². The van der Waals surface area contributed by atoms with Crippen molar-refractivity contribution >= 4 is 23.1 Å². The van der Waals surface area contributed by atoms with E-state index >= 15 is 0 Å². The lowest BCUT2D eigenvalue weighted by atomic mass is 9.88. The summed E-state index contributed by atoms with van der Waals surface area (Å²) in [6, 6.07) is 6.47. The molecule has 0 aliphatic heterocycles. The molecule has 0 radical (unpaired) electrons. The molecule has 6 heteroatoms. The highest BCUT2D eigenvalue weighted by Gasteiger charge is 2.31. The molecule has 0 saturated heterocycles. The zero-order valence-corrected chi connectivity index (χ0v) is 12.9. The standard InChI is InChI=1S/C15H19N3O2S/c1-21-15(7-3-2-4-8-15)11-17-13-9-12(10-16)5-6-14(13)18(19)20/h5-6,9,17H,2-4,7-8,11H2,1H3. The van der Waals surface area contributed by atoms with Crippen molar-refractivity contribution in [2.24, 2.45) is 0 Å². The second-order valence-corrected chi connectivity index (χ2v) is 6.68. The fourth-order valence-corrected chi connectivity index (χ4v) is 3.73. The number of benzene rings is 1. The zero-order chi connectivity index (χ0) is 15.3. The highest BCUT2D eigenvalue weighted by Crippen LogP contribution is 2.39. The van der Waals surface area contributed by atoms with E-state index in [1.165, 1.54) is 31.4 Å². The predicted molar refractivity (Wildman–Crippen MR) is 85.6 cm³/mol.